The van der Waals surface area contributed by atoms with Crippen molar-refractivity contribution < 1.29 is 23.0 Å². The monoisotopic (exact) mass is 390 g/mol. The van der Waals surface area contributed by atoms with E-state index in [1.165, 1.54) is 24.3 Å². The lowest BCUT2D eigenvalue weighted by atomic mass is 9.84. The van der Waals surface area contributed by atoms with Crippen LogP contribution in [0.25, 0.3) is 0 Å². The third kappa shape index (κ3) is 5.78. The molecular formula is C23H28F2O3. The van der Waals surface area contributed by atoms with Crippen LogP contribution in [0.15, 0.2) is 36.4 Å². The first-order valence-corrected chi connectivity index (χ1v) is 9.25. The van der Waals surface area contributed by atoms with Gasteiger partial charge in [-0.15, -0.1) is 0 Å². The van der Waals surface area contributed by atoms with Gasteiger partial charge in [-0.1, -0.05) is 53.7 Å². The van der Waals surface area contributed by atoms with Gasteiger partial charge in [-0.25, -0.2) is 13.6 Å². The van der Waals surface area contributed by atoms with Crippen LogP contribution in [0.4, 0.5) is 13.6 Å². The van der Waals surface area contributed by atoms with E-state index in [0.717, 1.165) is 22.3 Å². The van der Waals surface area contributed by atoms with Crippen molar-refractivity contribution in [1.29, 1.82) is 0 Å². The molecule has 0 saturated carbocycles. The molecule has 0 aliphatic rings. The first-order chi connectivity index (χ1) is 12.9. The smallest absolute Gasteiger partial charge is 0.429 e. The molecule has 2 aromatic carbocycles. The van der Waals surface area contributed by atoms with Crippen molar-refractivity contribution in [3.05, 3.63) is 70.3 Å². The molecule has 0 amide bonds. The van der Waals surface area contributed by atoms with Gasteiger partial charge in [0.1, 0.15) is 24.8 Å². The van der Waals surface area contributed by atoms with Crippen molar-refractivity contribution in [2.75, 3.05) is 0 Å². The molecular weight excluding hydrogens is 362 g/mol. The van der Waals surface area contributed by atoms with E-state index in [-0.39, 0.29) is 35.7 Å². The van der Waals surface area contributed by atoms with Gasteiger partial charge < -0.3 is 9.47 Å². The Bertz CT molecular complexity index is 776. The highest BCUT2D eigenvalue weighted by Crippen LogP contribution is 2.28. The van der Waals surface area contributed by atoms with Crippen LogP contribution in [0.3, 0.4) is 0 Å². The Morgan fingerprint density at radius 2 is 1.11 bits per heavy atom. The minimum Gasteiger partial charge on any atom is -0.429 e. The van der Waals surface area contributed by atoms with Gasteiger partial charge >= 0.3 is 6.16 Å². The van der Waals surface area contributed by atoms with Crippen LogP contribution in [0, 0.1) is 11.6 Å². The Morgan fingerprint density at radius 1 is 0.750 bits per heavy atom. The zero-order chi connectivity index (χ0) is 21.1. The van der Waals surface area contributed by atoms with Gasteiger partial charge in [-0.3, -0.25) is 0 Å². The highest BCUT2D eigenvalue weighted by atomic mass is 19.1. The van der Waals surface area contributed by atoms with Crippen molar-refractivity contribution in [2.45, 2.75) is 65.6 Å². The van der Waals surface area contributed by atoms with Gasteiger partial charge in [0, 0.05) is 0 Å². The predicted molar refractivity (Wildman–Crippen MR) is 105 cm³/mol. The minimum absolute atomic E-state index is 0.0126. The lowest BCUT2D eigenvalue weighted by molar-refractivity contribution is 0.0439. The summed E-state index contributed by atoms with van der Waals surface area (Å²) in [5, 5.41) is 0. The SMILES string of the molecule is CC(C)(C)c1cc(F)ccc1COC(=O)OCc1ccc(F)cc1C(C)(C)C. The van der Waals surface area contributed by atoms with Gasteiger partial charge in [-0.05, 0) is 57.3 Å². The van der Waals surface area contributed by atoms with E-state index in [1.807, 2.05) is 41.5 Å². The van der Waals surface area contributed by atoms with Crippen LogP contribution in [0.2, 0.25) is 0 Å². The lowest BCUT2D eigenvalue weighted by Gasteiger charge is -2.23. The molecule has 0 aliphatic carbocycles. The summed E-state index contributed by atoms with van der Waals surface area (Å²) >= 11 is 0. The molecule has 28 heavy (non-hydrogen) atoms. The summed E-state index contributed by atoms with van der Waals surface area (Å²) < 4.78 is 37.6. The van der Waals surface area contributed by atoms with Crippen molar-refractivity contribution >= 4 is 6.16 Å². The molecule has 0 aromatic heterocycles. The summed E-state index contributed by atoms with van der Waals surface area (Å²) in [5.74, 6) is -0.662. The fourth-order valence-electron chi connectivity index (χ4n) is 3.06. The average Bonchev–Trinajstić information content (AvgIpc) is 2.58. The van der Waals surface area contributed by atoms with Crippen LogP contribution in [-0.2, 0) is 33.5 Å². The van der Waals surface area contributed by atoms with E-state index in [9.17, 15) is 13.6 Å². The summed E-state index contributed by atoms with van der Waals surface area (Å²) in [4.78, 5) is 12.1. The molecule has 0 aliphatic heterocycles. The number of ether oxygens (including phenoxy) is 2. The Labute approximate surface area is 165 Å². The zero-order valence-electron chi connectivity index (χ0n) is 17.4. The summed E-state index contributed by atoms with van der Waals surface area (Å²) in [6, 6.07) is 8.82. The van der Waals surface area contributed by atoms with Gasteiger partial charge in [0.25, 0.3) is 0 Å². The maximum atomic E-state index is 13.6. The van der Waals surface area contributed by atoms with Gasteiger partial charge in [-0.2, -0.15) is 0 Å². The maximum Gasteiger partial charge on any atom is 0.508 e. The minimum atomic E-state index is -0.826. The van der Waals surface area contributed by atoms with Gasteiger partial charge in [0.05, 0.1) is 0 Å². The van der Waals surface area contributed by atoms with Crippen LogP contribution in [0.5, 0.6) is 0 Å². The van der Waals surface area contributed by atoms with E-state index in [1.54, 1.807) is 12.1 Å². The van der Waals surface area contributed by atoms with Crippen molar-refractivity contribution in [3.8, 4) is 0 Å². The number of benzene rings is 2. The van der Waals surface area contributed by atoms with E-state index >= 15 is 0 Å². The number of carbonyl (C=O) groups excluding carboxylic acids is 1. The topological polar surface area (TPSA) is 35.5 Å². The second-order valence-corrected chi connectivity index (χ2v) is 8.93. The first kappa shape index (κ1) is 21.9. The predicted octanol–water partition coefficient (Wildman–Crippen LogP) is 6.41. The second kappa shape index (κ2) is 8.29. The molecule has 3 nitrogen and oxygen atoms in total. The summed E-state index contributed by atoms with van der Waals surface area (Å²) in [5.41, 5.74) is 2.41. The highest BCUT2D eigenvalue weighted by Gasteiger charge is 2.21. The number of hydrogen-bond donors (Lipinski definition) is 0. The molecule has 0 heterocycles. The fraction of sp³-hybridized carbons (Fsp3) is 0.435. The average molecular weight is 390 g/mol. The van der Waals surface area contributed by atoms with Crippen molar-refractivity contribution in [2.24, 2.45) is 0 Å². The quantitative estimate of drug-likeness (QED) is 0.566. The Kier molecular flexibility index (Phi) is 6.48. The first-order valence-electron chi connectivity index (χ1n) is 9.25. The Balaban J connectivity index is 2.04. The summed E-state index contributed by atoms with van der Waals surface area (Å²) in [6.07, 6.45) is -0.826. The van der Waals surface area contributed by atoms with E-state index in [0.29, 0.717) is 0 Å². The zero-order valence-corrected chi connectivity index (χ0v) is 17.4. The number of hydrogen-bond acceptors (Lipinski definition) is 3. The fourth-order valence-corrected chi connectivity index (χ4v) is 3.06. The molecule has 5 heteroatoms. The van der Waals surface area contributed by atoms with Crippen LogP contribution in [0.1, 0.15) is 63.8 Å². The summed E-state index contributed by atoms with van der Waals surface area (Å²) in [6.45, 7) is 11.8. The molecule has 0 spiro atoms. The van der Waals surface area contributed by atoms with E-state index in [4.69, 9.17) is 9.47 Å². The summed E-state index contributed by atoms with van der Waals surface area (Å²) in [7, 11) is 0. The van der Waals surface area contributed by atoms with E-state index < -0.39 is 6.16 Å². The van der Waals surface area contributed by atoms with E-state index in [2.05, 4.69) is 0 Å². The third-order valence-electron chi connectivity index (χ3n) is 4.45. The molecule has 2 rings (SSSR count). The normalized spacial score (nSPS) is 12.0. The molecule has 152 valence electrons. The lowest BCUT2D eigenvalue weighted by Crippen LogP contribution is -2.18. The number of rotatable bonds is 4. The maximum absolute atomic E-state index is 13.6. The molecule has 0 atom stereocenters. The number of carbonyl (C=O) groups is 1. The molecule has 2 aromatic rings. The largest absolute Gasteiger partial charge is 0.508 e. The molecule has 0 fully saturated rings. The van der Waals surface area contributed by atoms with Crippen LogP contribution >= 0.6 is 0 Å². The molecule has 0 bridgehead atoms. The van der Waals surface area contributed by atoms with Crippen molar-refractivity contribution in [3.63, 3.8) is 0 Å². The van der Waals surface area contributed by atoms with Crippen LogP contribution < -0.4 is 0 Å². The Hall–Kier alpha value is -2.43. The van der Waals surface area contributed by atoms with Gasteiger partial charge in [0.2, 0.25) is 0 Å². The molecule has 0 saturated heterocycles. The second-order valence-electron chi connectivity index (χ2n) is 8.93. The highest BCUT2D eigenvalue weighted by molar-refractivity contribution is 5.60. The molecule has 0 radical (unpaired) electrons. The van der Waals surface area contributed by atoms with Crippen molar-refractivity contribution in [1.82, 2.24) is 0 Å². The Morgan fingerprint density at radius 3 is 1.43 bits per heavy atom. The standard InChI is InChI=1S/C23H28F2O3/c1-22(2,3)19-11-17(24)9-7-15(19)13-27-21(26)28-14-16-8-10-18(25)12-20(16)23(4,5)6/h7-12H,13-14H2,1-6H3. The number of halogens is 2. The molecule has 0 N–H and O–H groups in total. The third-order valence-corrected chi connectivity index (χ3v) is 4.45. The van der Waals surface area contributed by atoms with Crippen LogP contribution in [-0.4, -0.2) is 6.16 Å². The van der Waals surface area contributed by atoms with Gasteiger partial charge in [0.15, 0.2) is 0 Å². The molecule has 0 unspecified atom stereocenters.